The Hall–Kier alpha value is -0.870. The standard InChI is InChI=1S/C19H29BrN6.HI/c1-19(2,26-9-5-4-6-10-26)14-23-18(21-3)22-11-16-13-25-12-15(20)7-8-17(25)24-16;/h7-8,12-13H,4-6,9-11,14H2,1-3H3,(H2,21,22,23);1H. The van der Waals surface area contributed by atoms with Crippen molar-refractivity contribution in [2.45, 2.75) is 45.2 Å². The number of hydrogen-bond acceptors (Lipinski definition) is 3. The van der Waals surface area contributed by atoms with Crippen molar-refractivity contribution in [2.75, 3.05) is 26.7 Å². The van der Waals surface area contributed by atoms with Gasteiger partial charge in [-0.2, -0.15) is 0 Å². The van der Waals surface area contributed by atoms with Gasteiger partial charge in [0, 0.05) is 36.0 Å². The first-order valence-corrected chi connectivity index (χ1v) is 10.1. The lowest BCUT2D eigenvalue weighted by Crippen LogP contribution is -2.54. The van der Waals surface area contributed by atoms with Gasteiger partial charge < -0.3 is 15.0 Å². The molecule has 0 spiro atoms. The smallest absolute Gasteiger partial charge is 0.191 e. The molecule has 0 radical (unpaired) electrons. The van der Waals surface area contributed by atoms with E-state index in [0.717, 1.165) is 28.3 Å². The third-order valence-corrected chi connectivity index (χ3v) is 5.50. The van der Waals surface area contributed by atoms with E-state index in [1.54, 1.807) is 0 Å². The molecule has 0 bridgehead atoms. The van der Waals surface area contributed by atoms with E-state index in [1.807, 2.05) is 36.0 Å². The first-order chi connectivity index (χ1) is 12.5. The molecule has 0 aliphatic carbocycles. The number of fused-ring (bicyclic) bond motifs is 1. The topological polar surface area (TPSA) is 57.0 Å². The molecule has 3 heterocycles. The Bertz CT molecular complexity index is 767. The van der Waals surface area contributed by atoms with E-state index in [1.165, 1.54) is 32.4 Å². The van der Waals surface area contributed by atoms with Crippen LogP contribution >= 0.6 is 39.9 Å². The molecule has 0 atom stereocenters. The Morgan fingerprint density at radius 3 is 2.63 bits per heavy atom. The average molecular weight is 549 g/mol. The Labute approximate surface area is 187 Å². The van der Waals surface area contributed by atoms with E-state index in [0.29, 0.717) is 6.54 Å². The summed E-state index contributed by atoms with van der Waals surface area (Å²) in [7, 11) is 1.81. The van der Waals surface area contributed by atoms with Crippen LogP contribution in [0.2, 0.25) is 0 Å². The van der Waals surface area contributed by atoms with Crippen molar-refractivity contribution in [1.29, 1.82) is 0 Å². The normalized spacial score (nSPS) is 16.2. The molecule has 2 aromatic rings. The second-order valence-corrected chi connectivity index (χ2v) is 8.40. The van der Waals surface area contributed by atoms with Crippen LogP contribution in [0.1, 0.15) is 38.8 Å². The predicted molar refractivity (Wildman–Crippen MR) is 126 cm³/mol. The number of piperidine rings is 1. The van der Waals surface area contributed by atoms with Crippen LogP contribution in [0.3, 0.4) is 0 Å². The van der Waals surface area contributed by atoms with Crippen LogP contribution in [0, 0.1) is 0 Å². The molecule has 150 valence electrons. The highest BCUT2D eigenvalue weighted by atomic mass is 127. The zero-order valence-electron chi connectivity index (χ0n) is 16.3. The molecule has 1 saturated heterocycles. The number of aromatic nitrogens is 2. The predicted octanol–water partition coefficient (Wildman–Crippen LogP) is 3.64. The van der Waals surface area contributed by atoms with Crippen LogP contribution in [-0.4, -0.2) is 52.5 Å². The van der Waals surface area contributed by atoms with Crippen LogP contribution in [-0.2, 0) is 6.54 Å². The summed E-state index contributed by atoms with van der Waals surface area (Å²) in [6.07, 6.45) is 8.03. The molecular weight excluding hydrogens is 519 g/mol. The van der Waals surface area contributed by atoms with E-state index in [2.05, 4.69) is 55.3 Å². The second kappa shape index (κ2) is 10.1. The average Bonchev–Trinajstić information content (AvgIpc) is 3.04. The Morgan fingerprint density at radius 2 is 1.93 bits per heavy atom. The molecule has 0 unspecified atom stereocenters. The molecule has 6 nitrogen and oxygen atoms in total. The summed E-state index contributed by atoms with van der Waals surface area (Å²) in [6.45, 7) is 8.50. The van der Waals surface area contributed by atoms with Crippen molar-refractivity contribution in [3.63, 3.8) is 0 Å². The highest BCUT2D eigenvalue weighted by Gasteiger charge is 2.27. The van der Waals surface area contributed by atoms with Crippen LogP contribution in [0.15, 0.2) is 34.0 Å². The Kier molecular flexibility index (Phi) is 8.36. The highest BCUT2D eigenvalue weighted by molar-refractivity contribution is 14.0. The van der Waals surface area contributed by atoms with Crippen molar-refractivity contribution in [3.8, 4) is 0 Å². The summed E-state index contributed by atoms with van der Waals surface area (Å²) < 4.78 is 3.07. The fraction of sp³-hybridized carbons (Fsp3) is 0.579. The van der Waals surface area contributed by atoms with Crippen molar-refractivity contribution in [2.24, 2.45) is 4.99 Å². The fourth-order valence-electron chi connectivity index (χ4n) is 3.41. The molecule has 0 amide bonds. The van der Waals surface area contributed by atoms with Crippen LogP contribution in [0.5, 0.6) is 0 Å². The van der Waals surface area contributed by atoms with Crippen LogP contribution in [0.25, 0.3) is 5.65 Å². The first kappa shape index (κ1) is 22.4. The number of likely N-dealkylation sites (tertiary alicyclic amines) is 1. The van der Waals surface area contributed by atoms with E-state index < -0.39 is 0 Å². The van der Waals surface area contributed by atoms with Crippen molar-refractivity contribution in [1.82, 2.24) is 24.9 Å². The van der Waals surface area contributed by atoms with Crippen molar-refractivity contribution in [3.05, 3.63) is 34.7 Å². The van der Waals surface area contributed by atoms with E-state index in [-0.39, 0.29) is 29.5 Å². The molecule has 1 aliphatic heterocycles. The van der Waals surface area contributed by atoms with Gasteiger partial charge in [-0.15, -0.1) is 24.0 Å². The molecule has 1 fully saturated rings. The molecule has 0 aromatic carbocycles. The van der Waals surface area contributed by atoms with Gasteiger partial charge in [-0.3, -0.25) is 9.89 Å². The molecule has 27 heavy (non-hydrogen) atoms. The van der Waals surface area contributed by atoms with Crippen molar-refractivity contribution >= 4 is 51.5 Å². The van der Waals surface area contributed by atoms with Gasteiger partial charge in [0.1, 0.15) is 5.65 Å². The van der Waals surface area contributed by atoms with E-state index in [9.17, 15) is 0 Å². The van der Waals surface area contributed by atoms with Gasteiger partial charge in [-0.05, 0) is 67.8 Å². The SMILES string of the molecule is CN=C(NCc1cn2cc(Br)ccc2n1)NCC(C)(C)N1CCCCC1.I. The number of nitrogens with zero attached hydrogens (tertiary/aromatic N) is 4. The molecule has 0 saturated carbocycles. The highest BCUT2D eigenvalue weighted by Crippen LogP contribution is 2.19. The van der Waals surface area contributed by atoms with Crippen LogP contribution < -0.4 is 10.6 Å². The third-order valence-electron chi connectivity index (χ3n) is 5.03. The third kappa shape index (κ3) is 6.05. The summed E-state index contributed by atoms with van der Waals surface area (Å²) in [6, 6.07) is 4.00. The zero-order valence-corrected chi connectivity index (χ0v) is 20.3. The molecule has 2 aromatic heterocycles. The summed E-state index contributed by atoms with van der Waals surface area (Å²) in [5.74, 6) is 0.813. The quantitative estimate of drug-likeness (QED) is 0.340. The van der Waals surface area contributed by atoms with Gasteiger partial charge in [0.25, 0.3) is 0 Å². The van der Waals surface area contributed by atoms with Gasteiger partial charge >= 0.3 is 0 Å². The van der Waals surface area contributed by atoms with Crippen LogP contribution in [0.4, 0.5) is 0 Å². The maximum absolute atomic E-state index is 4.63. The fourth-order valence-corrected chi connectivity index (χ4v) is 3.76. The number of nitrogens with one attached hydrogen (secondary N) is 2. The molecule has 3 rings (SSSR count). The number of halogens is 2. The Morgan fingerprint density at radius 1 is 1.19 bits per heavy atom. The minimum Gasteiger partial charge on any atom is -0.355 e. The summed E-state index contributed by atoms with van der Waals surface area (Å²) in [5.41, 5.74) is 2.05. The van der Waals surface area contributed by atoms with Crippen molar-refractivity contribution < 1.29 is 0 Å². The van der Waals surface area contributed by atoms with Gasteiger partial charge in [0.2, 0.25) is 0 Å². The summed E-state index contributed by atoms with van der Waals surface area (Å²) in [4.78, 5) is 11.6. The molecule has 1 aliphatic rings. The lowest BCUT2D eigenvalue weighted by molar-refractivity contribution is 0.0982. The first-order valence-electron chi connectivity index (χ1n) is 9.31. The lowest BCUT2D eigenvalue weighted by atomic mass is 9.98. The lowest BCUT2D eigenvalue weighted by Gasteiger charge is -2.41. The van der Waals surface area contributed by atoms with Gasteiger partial charge in [-0.1, -0.05) is 6.42 Å². The van der Waals surface area contributed by atoms with Gasteiger partial charge in [0.05, 0.1) is 12.2 Å². The van der Waals surface area contributed by atoms with Gasteiger partial charge in [-0.25, -0.2) is 4.98 Å². The largest absolute Gasteiger partial charge is 0.355 e. The maximum Gasteiger partial charge on any atom is 0.191 e. The number of imidazole rings is 1. The number of pyridine rings is 1. The summed E-state index contributed by atoms with van der Waals surface area (Å²) in [5, 5.41) is 6.84. The second-order valence-electron chi connectivity index (χ2n) is 7.48. The number of aliphatic imine (C=N–C) groups is 1. The van der Waals surface area contributed by atoms with E-state index >= 15 is 0 Å². The number of rotatable bonds is 5. The van der Waals surface area contributed by atoms with E-state index in [4.69, 9.17) is 0 Å². The summed E-state index contributed by atoms with van der Waals surface area (Å²) >= 11 is 3.49. The molecule has 2 N–H and O–H groups in total. The minimum absolute atomic E-state index is 0. The Balaban J connectivity index is 0.00000261. The maximum atomic E-state index is 4.63. The number of hydrogen-bond donors (Lipinski definition) is 2. The molecule has 8 heteroatoms. The monoisotopic (exact) mass is 548 g/mol. The number of guanidine groups is 1. The minimum atomic E-state index is 0. The molecular formula is C19H30BrIN6. The van der Waals surface area contributed by atoms with Gasteiger partial charge in [0.15, 0.2) is 5.96 Å². The zero-order chi connectivity index (χ0) is 18.6.